The van der Waals surface area contributed by atoms with Gasteiger partial charge in [-0.3, -0.25) is 0 Å². The Morgan fingerprint density at radius 3 is 2.30 bits per heavy atom. The van der Waals surface area contributed by atoms with Crippen LogP contribution in [0.3, 0.4) is 0 Å². The summed E-state index contributed by atoms with van der Waals surface area (Å²) in [6.07, 6.45) is -1.32. The van der Waals surface area contributed by atoms with Crippen molar-refractivity contribution in [2.45, 2.75) is 29.7 Å². The van der Waals surface area contributed by atoms with Crippen LogP contribution < -0.4 is 0 Å². The van der Waals surface area contributed by atoms with Crippen LogP contribution in [0.1, 0.15) is 11.9 Å². The van der Waals surface area contributed by atoms with Gasteiger partial charge in [0.05, 0.1) is 16.4 Å². The Morgan fingerprint density at radius 1 is 0.963 bits per heavy atom. The van der Waals surface area contributed by atoms with E-state index in [0.29, 0.717) is 0 Å². The highest BCUT2D eigenvalue weighted by Crippen LogP contribution is 2.37. The lowest BCUT2D eigenvalue weighted by Crippen LogP contribution is -2.49. The molecule has 27 heavy (non-hydrogen) atoms. The molecule has 2 aliphatic heterocycles. The molecule has 4 atom stereocenters. The largest absolute Gasteiger partial charge is 0.352 e. The summed E-state index contributed by atoms with van der Waals surface area (Å²) in [6, 6.07) is 17.7. The van der Waals surface area contributed by atoms with Gasteiger partial charge in [-0.1, -0.05) is 48.5 Å². The molecule has 2 aromatic rings. The molecule has 0 spiro atoms. The maximum Gasteiger partial charge on any atom is 0.205 e. The lowest BCUT2D eigenvalue weighted by Gasteiger charge is -2.41. The Balaban J connectivity index is 1.71. The van der Waals surface area contributed by atoms with Crippen molar-refractivity contribution in [3.63, 3.8) is 0 Å². The summed E-state index contributed by atoms with van der Waals surface area (Å²) in [6.45, 7) is 0.200. The van der Waals surface area contributed by atoms with Crippen LogP contribution in [0.25, 0.3) is 0 Å². The molecule has 0 unspecified atom stereocenters. The van der Waals surface area contributed by atoms with Crippen LogP contribution >= 0.6 is 0 Å². The van der Waals surface area contributed by atoms with E-state index in [1.165, 1.54) is 13.2 Å². The monoisotopic (exact) mass is 388 g/mol. The summed E-state index contributed by atoms with van der Waals surface area (Å²) in [7, 11) is -2.30. The molecule has 2 aromatic carbocycles. The Morgan fingerprint density at radius 2 is 1.63 bits per heavy atom. The first-order chi connectivity index (χ1) is 13.1. The normalized spacial score (nSPS) is 28.3. The highest BCUT2D eigenvalue weighted by molar-refractivity contribution is 7.95. The summed E-state index contributed by atoms with van der Waals surface area (Å²) in [5.74, 6) is 0. The van der Waals surface area contributed by atoms with E-state index in [9.17, 15) is 8.42 Å². The van der Waals surface area contributed by atoms with E-state index < -0.39 is 34.6 Å². The maximum atomic E-state index is 13.2. The molecular formula is C20H20O6S. The second-order valence-electron chi connectivity index (χ2n) is 6.30. The van der Waals surface area contributed by atoms with Crippen LogP contribution in [0.4, 0.5) is 0 Å². The number of methoxy groups -OCH3 is 1. The zero-order valence-corrected chi connectivity index (χ0v) is 15.5. The first-order valence-corrected chi connectivity index (χ1v) is 10.1. The quantitative estimate of drug-likeness (QED) is 0.802. The highest BCUT2D eigenvalue weighted by atomic mass is 32.2. The van der Waals surface area contributed by atoms with E-state index >= 15 is 0 Å². The fourth-order valence-electron chi connectivity index (χ4n) is 3.22. The van der Waals surface area contributed by atoms with E-state index in [1.807, 2.05) is 30.3 Å². The van der Waals surface area contributed by atoms with E-state index in [-0.39, 0.29) is 16.4 Å². The molecule has 0 aromatic heterocycles. The summed E-state index contributed by atoms with van der Waals surface area (Å²) < 4.78 is 49.3. The van der Waals surface area contributed by atoms with Gasteiger partial charge in [0, 0.05) is 12.7 Å². The Kier molecular flexibility index (Phi) is 5.12. The molecule has 2 aliphatic rings. The van der Waals surface area contributed by atoms with Crippen molar-refractivity contribution in [3.05, 3.63) is 77.2 Å². The molecule has 0 N–H and O–H groups in total. The fraction of sp³-hybridized carbons (Fsp3) is 0.300. The van der Waals surface area contributed by atoms with E-state index in [2.05, 4.69) is 0 Å². The Bertz CT molecular complexity index is 910. The lowest BCUT2D eigenvalue weighted by atomic mass is 10.1. The Labute approximate surface area is 158 Å². The van der Waals surface area contributed by atoms with Gasteiger partial charge in [-0.15, -0.1) is 0 Å². The topological polar surface area (TPSA) is 71.1 Å². The number of benzene rings is 2. The number of rotatable bonds is 4. The molecule has 0 bridgehead atoms. The van der Waals surface area contributed by atoms with Gasteiger partial charge < -0.3 is 18.9 Å². The second-order valence-corrected chi connectivity index (χ2v) is 8.25. The summed E-state index contributed by atoms with van der Waals surface area (Å²) in [5.41, 5.74) is 0.821. The third kappa shape index (κ3) is 3.56. The molecule has 1 saturated heterocycles. The molecule has 142 valence electrons. The van der Waals surface area contributed by atoms with Crippen molar-refractivity contribution >= 4 is 9.84 Å². The molecule has 1 fully saturated rings. The van der Waals surface area contributed by atoms with Gasteiger partial charge in [0.25, 0.3) is 0 Å². The number of sulfone groups is 1. The number of fused-ring (bicyclic) bond motifs is 1. The molecule has 0 saturated carbocycles. The van der Waals surface area contributed by atoms with Crippen molar-refractivity contribution < 1.29 is 27.4 Å². The predicted molar refractivity (Wildman–Crippen MR) is 97.4 cm³/mol. The van der Waals surface area contributed by atoms with Crippen molar-refractivity contribution in [1.29, 1.82) is 0 Å². The minimum atomic E-state index is -3.76. The van der Waals surface area contributed by atoms with Crippen LogP contribution in [0.2, 0.25) is 0 Å². The predicted octanol–water partition coefficient (Wildman–Crippen LogP) is 2.83. The van der Waals surface area contributed by atoms with Gasteiger partial charge in [-0.05, 0) is 18.2 Å². The summed E-state index contributed by atoms with van der Waals surface area (Å²) in [5, 5.41) is 0. The van der Waals surface area contributed by atoms with E-state index in [0.717, 1.165) is 5.56 Å². The van der Waals surface area contributed by atoms with Gasteiger partial charge in [0.1, 0.15) is 12.2 Å². The van der Waals surface area contributed by atoms with E-state index in [1.54, 1.807) is 30.3 Å². The first-order valence-electron chi connectivity index (χ1n) is 8.62. The van der Waals surface area contributed by atoms with Gasteiger partial charge in [-0.2, -0.15) is 0 Å². The maximum absolute atomic E-state index is 13.2. The summed E-state index contributed by atoms with van der Waals surface area (Å²) >= 11 is 0. The number of hydrogen-bond donors (Lipinski definition) is 0. The molecule has 6 nitrogen and oxygen atoms in total. The van der Waals surface area contributed by atoms with Crippen molar-refractivity contribution in [2.24, 2.45) is 0 Å². The first kappa shape index (κ1) is 18.3. The van der Waals surface area contributed by atoms with Crippen LogP contribution in [0, 0.1) is 0 Å². The molecule has 0 radical (unpaired) electrons. The minimum absolute atomic E-state index is 0.140. The van der Waals surface area contributed by atoms with Crippen molar-refractivity contribution in [3.8, 4) is 0 Å². The second kappa shape index (κ2) is 7.53. The molecule has 4 rings (SSSR count). The minimum Gasteiger partial charge on any atom is -0.352 e. The SMILES string of the molecule is CO[C@H]1C=C(S(=O)(=O)c2ccccc2)[C@@H]2O[C@H](c3ccccc3)OC[C@H]2O1. The zero-order chi connectivity index (χ0) is 18.9. The average Bonchev–Trinajstić information content (AvgIpc) is 2.73. The van der Waals surface area contributed by atoms with Crippen molar-refractivity contribution in [2.75, 3.05) is 13.7 Å². The Hall–Kier alpha value is -2.03. The molecule has 0 aliphatic carbocycles. The van der Waals surface area contributed by atoms with Crippen molar-refractivity contribution in [1.82, 2.24) is 0 Å². The van der Waals surface area contributed by atoms with Gasteiger partial charge in [0.2, 0.25) is 9.84 Å². The molecular weight excluding hydrogens is 368 g/mol. The van der Waals surface area contributed by atoms with Crippen LogP contribution in [-0.2, 0) is 28.8 Å². The van der Waals surface area contributed by atoms with Crippen LogP contribution in [-0.4, -0.2) is 40.6 Å². The summed E-state index contributed by atoms with van der Waals surface area (Å²) in [4.78, 5) is 0.346. The van der Waals surface area contributed by atoms with Gasteiger partial charge in [0.15, 0.2) is 12.6 Å². The third-order valence-electron chi connectivity index (χ3n) is 4.58. The van der Waals surface area contributed by atoms with Crippen LogP contribution in [0.15, 0.2) is 76.5 Å². The molecule has 7 heteroatoms. The highest BCUT2D eigenvalue weighted by Gasteiger charge is 2.45. The average molecular weight is 388 g/mol. The number of ether oxygens (including phenoxy) is 4. The third-order valence-corrected chi connectivity index (χ3v) is 6.46. The standard InChI is InChI=1S/C20H20O6S/c1-23-18-12-17(27(21,22)15-10-6-3-7-11-15)19-16(25-18)13-24-20(26-19)14-8-4-2-5-9-14/h2-12,16,18-20H,13H2,1H3/t16-,18-,19-,20-/m1/s1. The molecule has 2 heterocycles. The zero-order valence-electron chi connectivity index (χ0n) is 14.7. The smallest absolute Gasteiger partial charge is 0.205 e. The lowest BCUT2D eigenvalue weighted by molar-refractivity contribution is -0.282. The van der Waals surface area contributed by atoms with E-state index in [4.69, 9.17) is 18.9 Å². The molecule has 0 amide bonds. The van der Waals surface area contributed by atoms with Crippen LogP contribution in [0.5, 0.6) is 0 Å². The fourth-order valence-corrected chi connectivity index (χ4v) is 4.81. The van der Waals surface area contributed by atoms with Gasteiger partial charge in [-0.25, -0.2) is 8.42 Å². The number of hydrogen-bond acceptors (Lipinski definition) is 6. The van der Waals surface area contributed by atoms with Gasteiger partial charge >= 0.3 is 0 Å².